The zero-order valence-corrected chi connectivity index (χ0v) is 15.1. The lowest BCUT2D eigenvalue weighted by Gasteiger charge is -2.28. The molecule has 118 valence electrons. The fourth-order valence-electron chi connectivity index (χ4n) is 2.90. The molecule has 0 spiro atoms. The van der Waals surface area contributed by atoms with Gasteiger partial charge in [0.15, 0.2) is 0 Å². The van der Waals surface area contributed by atoms with Crippen LogP contribution in [0.3, 0.4) is 0 Å². The topological polar surface area (TPSA) is 17.8 Å². The maximum atomic E-state index is 6.39. The van der Waals surface area contributed by atoms with Gasteiger partial charge in [0.05, 0.1) is 10.4 Å². The fourth-order valence-corrected chi connectivity index (χ4v) is 6.86. The molecular weight excluding hydrogens is 332 g/mol. The predicted molar refractivity (Wildman–Crippen MR) is 98.9 cm³/mol. The highest BCUT2D eigenvalue weighted by Crippen LogP contribution is 2.53. The van der Waals surface area contributed by atoms with Gasteiger partial charge in [-0.3, -0.25) is 0 Å². The van der Waals surface area contributed by atoms with Gasteiger partial charge in [0.2, 0.25) is 0 Å². The Hall–Kier alpha value is -0.580. The molecule has 0 bridgehead atoms. The molecule has 0 amide bonds. The van der Waals surface area contributed by atoms with Gasteiger partial charge in [-0.25, -0.2) is 4.98 Å². The van der Waals surface area contributed by atoms with Gasteiger partial charge in [-0.15, -0.1) is 23.5 Å². The van der Waals surface area contributed by atoms with Crippen molar-refractivity contribution < 1.29 is 0 Å². The molecule has 1 aliphatic heterocycles. The average Bonchev–Trinajstić information content (AvgIpc) is 3.13. The summed E-state index contributed by atoms with van der Waals surface area (Å²) < 4.78 is 2.43. The number of benzene rings is 1. The number of aromatic nitrogens is 2. The molecule has 0 aliphatic carbocycles. The predicted octanol–water partition coefficient (Wildman–Crippen LogP) is 5.12. The molecule has 2 aromatic rings. The van der Waals surface area contributed by atoms with Crippen molar-refractivity contribution in [3.63, 3.8) is 0 Å². The molecule has 5 heteroatoms. The Kier molecular flexibility index (Phi) is 5.42. The molecule has 1 fully saturated rings. The van der Waals surface area contributed by atoms with E-state index in [2.05, 4.69) is 52.1 Å². The maximum Gasteiger partial charge on any atom is 0.0945 e. The lowest BCUT2D eigenvalue weighted by Crippen LogP contribution is -2.22. The largest absolute Gasteiger partial charge is 0.337 e. The number of rotatable bonds is 6. The summed E-state index contributed by atoms with van der Waals surface area (Å²) in [5.74, 6) is 1.24. The molecular formula is C17H21ClN2S2. The molecule has 2 nitrogen and oxygen atoms in total. The third kappa shape index (κ3) is 4.03. The van der Waals surface area contributed by atoms with Gasteiger partial charge < -0.3 is 4.57 Å². The Labute approximate surface area is 146 Å². The summed E-state index contributed by atoms with van der Waals surface area (Å²) in [6.45, 7) is 3.38. The normalized spacial score (nSPS) is 24.7. The van der Waals surface area contributed by atoms with Crippen molar-refractivity contribution >= 4 is 35.1 Å². The van der Waals surface area contributed by atoms with E-state index in [0.717, 1.165) is 23.2 Å². The summed E-state index contributed by atoms with van der Waals surface area (Å²) in [6, 6.07) is 8.27. The number of halogens is 1. The Morgan fingerprint density at radius 2 is 2.27 bits per heavy atom. The third-order valence-electron chi connectivity index (χ3n) is 3.95. The quantitative estimate of drug-likeness (QED) is 0.718. The van der Waals surface area contributed by atoms with Crippen LogP contribution in [0.1, 0.15) is 25.3 Å². The zero-order chi connectivity index (χ0) is 15.4. The summed E-state index contributed by atoms with van der Waals surface area (Å²) >= 11 is 10.6. The maximum absolute atomic E-state index is 6.39. The van der Waals surface area contributed by atoms with E-state index >= 15 is 0 Å². The number of nitrogens with zero attached hydrogens (tertiary/aromatic N) is 2. The highest BCUT2D eigenvalue weighted by atomic mass is 35.5. The lowest BCUT2D eigenvalue weighted by molar-refractivity contribution is 0.578. The van der Waals surface area contributed by atoms with Crippen molar-refractivity contribution in [2.45, 2.75) is 42.1 Å². The van der Waals surface area contributed by atoms with Crippen LogP contribution in [0.4, 0.5) is 0 Å². The van der Waals surface area contributed by atoms with Gasteiger partial charge in [0, 0.05) is 35.0 Å². The first-order valence-electron chi connectivity index (χ1n) is 7.68. The Balaban J connectivity index is 1.67. The van der Waals surface area contributed by atoms with Gasteiger partial charge in [0.25, 0.3) is 0 Å². The first-order valence-corrected chi connectivity index (χ1v) is 9.92. The van der Waals surface area contributed by atoms with Gasteiger partial charge in [0.1, 0.15) is 0 Å². The minimum absolute atomic E-state index is 0.269. The van der Waals surface area contributed by atoms with Gasteiger partial charge in [-0.2, -0.15) is 0 Å². The van der Waals surface area contributed by atoms with Crippen molar-refractivity contribution in [2.75, 3.05) is 5.75 Å². The van der Waals surface area contributed by atoms with Gasteiger partial charge >= 0.3 is 0 Å². The van der Waals surface area contributed by atoms with E-state index in [1.54, 1.807) is 0 Å². The van der Waals surface area contributed by atoms with E-state index in [9.17, 15) is 0 Å². The molecule has 0 saturated carbocycles. The number of hydrogen-bond donors (Lipinski definition) is 0. The average molecular weight is 353 g/mol. The van der Waals surface area contributed by atoms with Crippen LogP contribution in [0, 0.1) is 0 Å². The molecule has 2 unspecified atom stereocenters. The van der Waals surface area contributed by atoms with Crippen LogP contribution in [0.25, 0.3) is 0 Å². The molecule has 3 rings (SSSR count). The van der Waals surface area contributed by atoms with Crippen LogP contribution < -0.4 is 0 Å². The summed E-state index contributed by atoms with van der Waals surface area (Å²) in [7, 11) is 0. The molecule has 1 aliphatic rings. The zero-order valence-electron chi connectivity index (χ0n) is 12.7. The van der Waals surface area contributed by atoms with Crippen molar-refractivity contribution in [3.05, 3.63) is 53.6 Å². The van der Waals surface area contributed by atoms with E-state index in [-0.39, 0.29) is 4.08 Å². The van der Waals surface area contributed by atoms with E-state index in [4.69, 9.17) is 11.6 Å². The summed E-state index contributed by atoms with van der Waals surface area (Å²) in [6.07, 6.45) is 9.22. The number of aryl methyl sites for hydroxylation is 1. The van der Waals surface area contributed by atoms with Crippen molar-refractivity contribution in [1.82, 2.24) is 9.55 Å². The first-order chi connectivity index (χ1) is 10.7. The summed E-state index contributed by atoms with van der Waals surface area (Å²) in [5.41, 5.74) is 1.28. The molecule has 0 radical (unpaired) electrons. The second kappa shape index (κ2) is 7.33. The first kappa shape index (κ1) is 16.3. The Bertz CT molecular complexity index is 602. The van der Waals surface area contributed by atoms with Crippen LogP contribution in [-0.4, -0.2) is 24.6 Å². The second-order valence-electron chi connectivity index (χ2n) is 5.82. The van der Waals surface area contributed by atoms with Crippen LogP contribution in [0.15, 0.2) is 43.0 Å². The molecule has 1 aromatic heterocycles. The number of imidazole rings is 1. The molecule has 1 saturated heterocycles. The minimum atomic E-state index is 0.269. The van der Waals surface area contributed by atoms with Crippen LogP contribution in [0.5, 0.6) is 0 Å². The Morgan fingerprint density at radius 3 is 2.95 bits per heavy atom. The van der Waals surface area contributed by atoms with Gasteiger partial charge in [-0.1, -0.05) is 36.7 Å². The van der Waals surface area contributed by atoms with Gasteiger partial charge in [-0.05, 0) is 30.9 Å². The molecule has 2 heterocycles. The standard InChI is InChI=1S/C17H21ClN2S2/c1-14-12-21-17(22-14,7-4-9-20-10-8-19-13-20)11-15-5-2-3-6-16(15)18/h2-3,5-6,8,10,13-14H,4,7,9,11-12H2,1H3. The van der Waals surface area contributed by atoms with Crippen LogP contribution >= 0.6 is 35.1 Å². The smallest absolute Gasteiger partial charge is 0.0945 e. The second-order valence-corrected chi connectivity index (χ2v) is 9.71. The van der Waals surface area contributed by atoms with Crippen molar-refractivity contribution in [2.24, 2.45) is 0 Å². The van der Waals surface area contributed by atoms with E-state index in [0.29, 0.717) is 0 Å². The third-order valence-corrected chi connectivity index (χ3v) is 8.06. The molecule has 1 aromatic carbocycles. The van der Waals surface area contributed by atoms with Crippen LogP contribution in [0.2, 0.25) is 5.02 Å². The van der Waals surface area contributed by atoms with Crippen molar-refractivity contribution in [1.29, 1.82) is 0 Å². The monoisotopic (exact) mass is 352 g/mol. The van der Waals surface area contributed by atoms with E-state index in [1.165, 1.54) is 24.2 Å². The SMILES string of the molecule is CC1CSC(CCCn2ccnc2)(Cc2ccccc2Cl)S1. The van der Waals surface area contributed by atoms with E-state index in [1.807, 2.05) is 30.9 Å². The summed E-state index contributed by atoms with van der Waals surface area (Å²) in [4.78, 5) is 4.12. The minimum Gasteiger partial charge on any atom is -0.337 e. The summed E-state index contributed by atoms with van der Waals surface area (Å²) in [5, 5.41) is 1.62. The number of thioether (sulfide) groups is 2. The van der Waals surface area contributed by atoms with Crippen LogP contribution in [-0.2, 0) is 13.0 Å². The highest BCUT2D eigenvalue weighted by Gasteiger charge is 2.39. The lowest BCUT2D eigenvalue weighted by atomic mass is 10.1. The Morgan fingerprint density at radius 1 is 1.41 bits per heavy atom. The van der Waals surface area contributed by atoms with E-state index < -0.39 is 0 Å². The number of hydrogen-bond acceptors (Lipinski definition) is 3. The molecule has 22 heavy (non-hydrogen) atoms. The molecule has 0 N–H and O–H groups in total. The fraction of sp³-hybridized carbons (Fsp3) is 0.471. The molecule has 2 atom stereocenters. The highest BCUT2D eigenvalue weighted by molar-refractivity contribution is 8.21. The van der Waals surface area contributed by atoms with Crippen molar-refractivity contribution in [3.8, 4) is 0 Å².